The number of ether oxygens (including phenoxy) is 1. The lowest BCUT2D eigenvalue weighted by Crippen LogP contribution is -2.52. The van der Waals surface area contributed by atoms with Gasteiger partial charge < -0.3 is 9.64 Å². The number of nitrogens with zero attached hydrogens (tertiary/aromatic N) is 2. The summed E-state index contributed by atoms with van der Waals surface area (Å²) in [7, 11) is 2.09. The number of likely N-dealkylation sites (N-methyl/N-ethyl adjacent to an activating group) is 1. The highest BCUT2D eigenvalue weighted by atomic mass is 16.5. The Morgan fingerprint density at radius 3 is 2.74 bits per heavy atom. The van der Waals surface area contributed by atoms with Gasteiger partial charge in [-0.25, -0.2) is 5.01 Å². The zero-order chi connectivity index (χ0) is 13.7. The summed E-state index contributed by atoms with van der Waals surface area (Å²) in [6.07, 6.45) is 0. The molecule has 0 radical (unpaired) electrons. The van der Waals surface area contributed by atoms with E-state index < -0.39 is 0 Å². The molecular formula is C14H21N3O2. The second-order valence-electron chi connectivity index (χ2n) is 4.69. The SMILES string of the molecule is CCOc1cccc(C(=O)NN2CCN(C)CC2)c1. The fraction of sp³-hybridized carbons (Fsp3) is 0.500. The van der Waals surface area contributed by atoms with Crippen LogP contribution < -0.4 is 10.2 Å². The number of hydrogen-bond donors (Lipinski definition) is 1. The van der Waals surface area contributed by atoms with Crippen molar-refractivity contribution in [2.45, 2.75) is 6.92 Å². The summed E-state index contributed by atoms with van der Waals surface area (Å²) < 4.78 is 5.40. The van der Waals surface area contributed by atoms with Crippen LogP contribution in [0.1, 0.15) is 17.3 Å². The van der Waals surface area contributed by atoms with Gasteiger partial charge in [-0.2, -0.15) is 0 Å². The average molecular weight is 263 g/mol. The third kappa shape index (κ3) is 3.94. The average Bonchev–Trinajstić information content (AvgIpc) is 2.42. The van der Waals surface area contributed by atoms with E-state index in [1.165, 1.54) is 0 Å². The van der Waals surface area contributed by atoms with Crippen molar-refractivity contribution in [2.24, 2.45) is 0 Å². The molecule has 1 heterocycles. The maximum atomic E-state index is 12.1. The van der Waals surface area contributed by atoms with E-state index in [1.54, 1.807) is 12.1 Å². The molecule has 0 spiro atoms. The normalized spacial score (nSPS) is 17.2. The Bertz CT molecular complexity index is 428. The van der Waals surface area contributed by atoms with Crippen LogP contribution in [0.2, 0.25) is 0 Å². The highest BCUT2D eigenvalue weighted by Crippen LogP contribution is 2.13. The summed E-state index contributed by atoms with van der Waals surface area (Å²) in [4.78, 5) is 14.4. The summed E-state index contributed by atoms with van der Waals surface area (Å²) in [5.41, 5.74) is 3.57. The van der Waals surface area contributed by atoms with E-state index in [0.29, 0.717) is 12.2 Å². The van der Waals surface area contributed by atoms with Gasteiger partial charge in [-0.15, -0.1) is 0 Å². The molecule has 1 aromatic rings. The zero-order valence-corrected chi connectivity index (χ0v) is 11.6. The van der Waals surface area contributed by atoms with E-state index >= 15 is 0 Å². The molecule has 19 heavy (non-hydrogen) atoms. The van der Waals surface area contributed by atoms with Crippen molar-refractivity contribution in [2.75, 3.05) is 39.8 Å². The van der Waals surface area contributed by atoms with Gasteiger partial charge in [-0.05, 0) is 32.2 Å². The molecule has 5 nitrogen and oxygen atoms in total. The third-order valence-corrected chi connectivity index (χ3v) is 3.17. The molecule has 5 heteroatoms. The predicted octanol–water partition coefficient (Wildman–Crippen LogP) is 0.977. The molecular weight excluding hydrogens is 242 g/mol. The molecule has 0 saturated carbocycles. The minimum atomic E-state index is -0.0777. The van der Waals surface area contributed by atoms with Crippen LogP contribution in [-0.4, -0.2) is 55.6 Å². The maximum Gasteiger partial charge on any atom is 0.265 e. The van der Waals surface area contributed by atoms with Crippen LogP contribution in [0.5, 0.6) is 5.75 Å². The van der Waals surface area contributed by atoms with Crippen LogP contribution in [0.25, 0.3) is 0 Å². The van der Waals surface area contributed by atoms with Gasteiger partial charge in [0, 0.05) is 31.7 Å². The number of rotatable bonds is 4. The predicted molar refractivity (Wildman–Crippen MR) is 74.1 cm³/mol. The van der Waals surface area contributed by atoms with Crippen molar-refractivity contribution < 1.29 is 9.53 Å². The lowest BCUT2D eigenvalue weighted by atomic mass is 10.2. The number of amides is 1. The van der Waals surface area contributed by atoms with Crippen LogP contribution in [0.3, 0.4) is 0 Å². The van der Waals surface area contributed by atoms with Crippen molar-refractivity contribution in [3.05, 3.63) is 29.8 Å². The largest absolute Gasteiger partial charge is 0.494 e. The molecule has 1 amide bonds. The molecule has 1 aliphatic heterocycles. The maximum absolute atomic E-state index is 12.1. The van der Waals surface area contributed by atoms with Crippen LogP contribution in [0.15, 0.2) is 24.3 Å². The standard InChI is InChI=1S/C14H21N3O2/c1-3-19-13-6-4-5-12(11-13)14(18)15-17-9-7-16(2)8-10-17/h4-6,11H,3,7-10H2,1-2H3,(H,15,18). The number of carbonyl (C=O) groups excluding carboxylic acids is 1. The molecule has 104 valence electrons. The van der Waals surface area contributed by atoms with Gasteiger partial charge in [0.25, 0.3) is 5.91 Å². The van der Waals surface area contributed by atoms with Crippen LogP contribution in [0, 0.1) is 0 Å². The molecule has 0 unspecified atom stereocenters. The van der Waals surface area contributed by atoms with Crippen molar-refractivity contribution in [3.63, 3.8) is 0 Å². The van der Waals surface area contributed by atoms with Gasteiger partial charge in [-0.1, -0.05) is 6.07 Å². The molecule has 0 bridgehead atoms. The highest BCUT2D eigenvalue weighted by molar-refractivity contribution is 5.94. The van der Waals surface area contributed by atoms with Crippen LogP contribution in [-0.2, 0) is 0 Å². The van der Waals surface area contributed by atoms with E-state index in [9.17, 15) is 4.79 Å². The number of benzene rings is 1. The van der Waals surface area contributed by atoms with Gasteiger partial charge in [-0.3, -0.25) is 10.2 Å². The zero-order valence-electron chi connectivity index (χ0n) is 11.6. The van der Waals surface area contributed by atoms with Gasteiger partial charge in [0.15, 0.2) is 0 Å². The summed E-state index contributed by atoms with van der Waals surface area (Å²) in [6.45, 7) is 6.18. The fourth-order valence-electron chi connectivity index (χ4n) is 2.02. The molecule has 1 aromatic carbocycles. The molecule has 1 saturated heterocycles. The lowest BCUT2D eigenvalue weighted by Gasteiger charge is -2.32. The van der Waals surface area contributed by atoms with Crippen molar-refractivity contribution in [1.29, 1.82) is 0 Å². The number of hydrogen-bond acceptors (Lipinski definition) is 4. The summed E-state index contributed by atoms with van der Waals surface area (Å²) in [5, 5.41) is 1.97. The van der Waals surface area contributed by atoms with E-state index in [1.807, 2.05) is 24.1 Å². The third-order valence-electron chi connectivity index (χ3n) is 3.17. The quantitative estimate of drug-likeness (QED) is 0.879. The topological polar surface area (TPSA) is 44.8 Å². The van der Waals surface area contributed by atoms with E-state index in [4.69, 9.17) is 4.74 Å². The Morgan fingerprint density at radius 2 is 2.05 bits per heavy atom. The van der Waals surface area contributed by atoms with E-state index in [2.05, 4.69) is 17.4 Å². The monoisotopic (exact) mass is 263 g/mol. The van der Waals surface area contributed by atoms with Crippen LogP contribution >= 0.6 is 0 Å². The van der Waals surface area contributed by atoms with Crippen molar-refractivity contribution in [1.82, 2.24) is 15.3 Å². The van der Waals surface area contributed by atoms with Gasteiger partial charge in [0.1, 0.15) is 5.75 Å². The second kappa shape index (κ2) is 6.54. The van der Waals surface area contributed by atoms with E-state index in [0.717, 1.165) is 31.9 Å². The summed E-state index contributed by atoms with van der Waals surface area (Å²) in [6, 6.07) is 7.27. The van der Waals surface area contributed by atoms with Crippen molar-refractivity contribution in [3.8, 4) is 5.75 Å². The molecule has 1 N–H and O–H groups in total. The molecule has 0 aromatic heterocycles. The molecule has 1 aliphatic rings. The Kier molecular flexibility index (Phi) is 4.76. The first-order valence-corrected chi connectivity index (χ1v) is 6.66. The molecule has 0 atom stereocenters. The molecule has 1 fully saturated rings. The first-order valence-electron chi connectivity index (χ1n) is 6.66. The summed E-state index contributed by atoms with van der Waals surface area (Å²) in [5.74, 6) is 0.652. The first kappa shape index (κ1) is 13.8. The highest BCUT2D eigenvalue weighted by Gasteiger charge is 2.16. The van der Waals surface area contributed by atoms with E-state index in [-0.39, 0.29) is 5.91 Å². The Labute approximate surface area is 114 Å². The fourth-order valence-corrected chi connectivity index (χ4v) is 2.02. The Balaban J connectivity index is 1.94. The lowest BCUT2D eigenvalue weighted by molar-refractivity contribution is 0.0662. The minimum Gasteiger partial charge on any atom is -0.494 e. The molecule has 0 aliphatic carbocycles. The number of piperazine rings is 1. The summed E-state index contributed by atoms with van der Waals surface area (Å²) >= 11 is 0. The minimum absolute atomic E-state index is 0.0777. The Hall–Kier alpha value is -1.59. The number of carbonyl (C=O) groups is 1. The number of nitrogens with one attached hydrogen (secondary N) is 1. The van der Waals surface area contributed by atoms with Crippen LogP contribution in [0.4, 0.5) is 0 Å². The molecule has 2 rings (SSSR count). The number of hydrazine groups is 1. The van der Waals surface area contributed by atoms with Crippen molar-refractivity contribution >= 4 is 5.91 Å². The van der Waals surface area contributed by atoms with Gasteiger partial charge in [0.05, 0.1) is 6.61 Å². The Morgan fingerprint density at radius 1 is 1.32 bits per heavy atom. The van der Waals surface area contributed by atoms with Gasteiger partial charge in [0.2, 0.25) is 0 Å². The smallest absolute Gasteiger partial charge is 0.265 e. The second-order valence-corrected chi connectivity index (χ2v) is 4.69. The first-order chi connectivity index (χ1) is 9.19. The van der Waals surface area contributed by atoms with Gasteiger partial charge >= 0.3 is 0 Å².